The molecular weight excluding hydrogens is 290 g/mol. The largest absolute Gasteiger partial charge is 0.573 e. The number of hydrogen-bond donors (Lipinski definition) is 0. The van der Waals surface area contributed by atoms with Crippen molar-refractivity contribution in [3.63, 3.8) is 0 Å². The molecule has 0 aromatic heterocycles. The first-order valence-corrected chi connectivity index (χ1v) is 5.74. The maximum atomic E-state index is 12.0. The Kier molecular flexibility index (Phi) is 4.87. The lowest BCUT2D eigenvalue weighted by atomic mass is 10.2. The second kappa shape index (κ2) is 5.80. The van der Waals surface area contributed by atoms with Crippen molar-refractivity contribution in [1.82, 2.24) is 0 Å². The van der Waals surface area contributed by atoms with E-state index in [9.17, 15) is 13.2 Å². The number of aliphatic imine (C=N–C) groups is 1. The Balaban J connectivity index is 2.96. The van der Waals surface area contributed by atoms with Gasteiger partial charge in [-0.05, 0) is 18.2 Å². The van der Waals surface area contributed by atoms with Crippen LogP contribution in [0.5, 0.6) is 5.75 Å². The Morgan fingerprint density at radius 2 is 1.94 bits per heavy atom. The summed E-state index contributed by atoms with van der Waals surface area (Å²) in [6.45, 7) is 3.68. The molecule has 0 bridgehead atoms. The van der Waals surface area contributed by atoms with Crippen molar-refractivity contribution in [2.24, 2.45) is 10.9 Å². The van der Waals surface area contributed by atoms with Gasteiger partial charge in [0.15, 0.2) is 0 Å². The number of alkyl halides is 3. The van der Waals surface area contributed by atoms with Gasteiger partial charge in [-0.15, -0.1) is 13.2 Å². The summed E-state index contributed by atoms with van der Waals surface area (Å²) in [6, 6.07) is 3.70. The van der Waals surface area contributed by atoms with E-state index in [1.807, 2.05) is 13.8 Å². The Morgan fingerprint density at radius 3 is 2.39 bits per heavy atom. The molecule has 1 aromatic carbocycles. The van der Waals surface area contributed by atoms with Gasteiger partial charge in [0.25, 0.3) is 0 Å². The first kappa shape index (κ1) is 15.1. The minimum atomic E-state index is -4.77. The zero-order valence-electron chi connectivity index (χ0n) is 9.55. The van der Waals surface area contributed by atoms with E-state index in [0.717, 1.165) is 6.07 Å². The molecule has 0 unspecified atom stereocenters. The van der Waals surface area contributed by atoms with Gasteiger partial charge in [-0.1, -0.05) is 37.0 Å². The first-order valence-electron chi connectivity index (χ1n) is 4.98. The van der Waals surface area contributed by atoms with Gasteiger partial charge in [-0.25, -0.2) is 4.99 Å². The molecule has 0 radical (unpaired) electrons. The molecule has 2 nitrogen and oxygen atoms in total. The van der Waals surface area contributed by atoms with Crippen molar-refractivity contribution in [2.75, 3.05) is 0 Å². The highest BCUT2D eigenvalue weighted by atomic mass is 35.5. The molecule has 0 aliphatic heterocycles. The van der Waals surface area contributed by atoms with Crippen LogP contribution in [0.4, 0.5) is 18.9 Å². The molecule has 0 saturated heterocycles. The SMILES string of the molecule is CC(C)/C(Cl)=N/c1ccc(OC(F)(F)F)c(Cl)c1. The third kappa shape index (κ3) is 4.74. The summed E-state index contributed by atoms with van der Waals surface area (Å²) in [5.41, 5.74) is 0.369. The zero-order chi connectivity index (χ0) is 13.9. The Hall–Kier alpha value is -0.940. The second-order valence-corrected chi connectivity index (χ2v) is 4.55. The van der Waals surface area contributed by atoms with Gasteiger partial charge in [0.2, 0.25) is 0 Å². The van der Waals surface area contributed by atoms with Crippen molar-refractivity contribution in [3.05, 3.63) is 23.2 Å². The molecule has 0 saturated carbocycles. The van der Waals surface area contributed by atoms with Crippen LogP contribution in [-0.4, -0.2) is 11.5 Å². The van der Waals surface area contributed by atoms with Crippen LogP contribution in [0.1, 0.15) is 13.8 Å². The molecule has 18 heavy (non-hydrogen) atoms. The summed E-state index contributed by atoms with van der Waals surface area (Å²) < 4.78 is 39.8. The molecule has 0 N–H and O–H groups in total. The standard InChI is InChI=1S/C11H10Cl2F3NO/c1-6(2)10(13)17-7-3-4-9(8(12)5-7)18-11(14,15)16/h3-6H,1-2H3/b17-10-. The van der Waals surface area contributed by atoms with E-state index in [-0.39, 0.29) is 10.9 Å². The maximum absolute atomic E-state index is 12.0. The fourth-order valence-corrected chi connectivity index (χ4v) is 1.33. The van der Waals surface area contributed by atoms with Crippen LogP contribution in [0, 0.1) is 5.92 Å². The highest BCUT2D eigenvalue weighted by molar-refractivity contribution is 6.66. The average Bonchev–Trinajstić information content (AvgIpc) is 2.20. The second-order valence-electron chi connectivity index (χ2n) is 3.75. The third-order valence-electron chi connectivity index (χ3n) is 1.85. The van der Waals surface area contributed by atoms with Crippen molar-refractivity contribution in [2.45, 2.75) is 20.2 Å². The fraction of sp³-hybridized carbons (Fsp3) is 0.364. The monoisotopic (exact) mass is 299 g/mol. The molecule has 0 aliphatic carbocycles. The van der Waals surface area contributed by atoms with Gasteiger partial charge < -0.3 is 4.74 Å². The number of halogens is 5. The number of rotatable bonds is 3. The minimum absolute atomic E-state index is 0.0246. The summed E-state index contributed by atoms with van der Waals surface area (Å²) >= 11 is 11.5. The number of benzene rings is 1. The van der Waals surface area contributed by atoms with E-state index in [1.165, 1.54) is 12.1 Å². The van der Waals surface area contributed by atoms with E-state index in [4.69, 9.17) is 23.2 Å². The van der Waals surface area contributed by atoms with E-state index < -0.39 is 12.1 Å². The van der Waals surface area contributed by atoms with Crippen molar-refractivity contribution >= 4 is 34.1 Å². The lowest BCUT2D eigenvalue weighted by molar-refractivity contribution is -0.274. The molecule has 0 atom stereocenters. The van der Waals surface area contributed by atoms with E-state index in [2.05, 4.69) is 9.73 Å². The summed E-state index contributed by atoms with van der Waals surface area (Å²) in [7, 11) is 0. The smallest absolute Gasteiger partial charge is 0.404 e. The normalized spacial score (nSPS) is 13.0. The molecule has 7 heteroatoms. The number of nitrogens with zero attached hydrogens (tertiary/aromatic N) is 1. The lowest BCUT2D eigenvalue weighted by Gasteiger charge is -2.10. The molecule has 1 aromatic rings. The highest BCUT2D eigenvalue weighted by Crippen LogP contribution is 2.33. The van der Waals surface area contributed by atoms with Gasteiger partial charge >= 0.3 is 6.36 Å². The summed E-state index contributed by atoms with van der Waals surface area (Å²) in [5.74, 6) is -0.444. The van der Waals surface area contributed by atoms with Gasteiger partial charge in [0, 0.05) is 5.92 Å². The topological polar surface area (TPSA) is 21.6 Å². The van der Waals surface area contributed by atoms with Crippen LogP contribution < -0.4 is 4.74 Å². The highest BCUT2D eigenvalue weighted by Gasteiger charge is 2.32. The van der Waals surface area contributed by atoms with Crippen LogP contribution in [-0.2, 0) is 0 Å². The molecule has 0 fully saturated rings. The van der Waals surface area contributed by atoms with Crippen LogP contribution in [0.25, 0.3) is 0 Å². The van der Waals surface area contributed by atoms with E-state index in [1.54, 1.807) is 0 Å². The van der Waals surface area contributed by atoms with Crippen LogP contribution >= 0.6 is 23.2 Å². The molecular formula is C11H10Cl2F3NO. The van der Waals surface area contributed by atoms with Crippen molar-refractivity contribution in [1.29, 1.82) is 0 Å². The van der Waals surface area contributed by atoms with Gasteiger partial charge in [0.05, 0.1) is 10.7 Å². The Labute approximate surface area is 112 Å². The van der Waals surface area contributed by atoms with Crippen LogP contribution in [0.15, 0.2) is 23.2 Å². The molecule has 0 heterocycles. The summed E-state index contributed by atoms with van der Waals surface area (Å²) in [4.78, 5) is 4.02. The Bertz CT molecular complexity index is 458. The third-order valence-corrected chi connectivity index (χ3v) is 2.67. The van der Waals surface area contributed by atoms with Gasteiger partial charge in [-0.3, -0.25) is 0 Å². The lowest BCUT2D eigenvalue weighted by Crippen LogP contribution is -2.17. The molecule has 100 valence electrons. The van der Waals surface area contributed by atoms with E-state index >= 15 is 0 Å². The predicted octanol–water partition coefficient (Wildman–Crippen LogP) is 5.16. The predicted molar refractivity (Wildman–Crippen MR) is 65.9 cm³/mol. The Morgan fingerprint density at radius 1 is 1.33 bits per heavy atom. The quantitative estimate of drug-likeness (QED) is 0.706. The molecule has 0 amide bonds. The molecule has 0 aliphatic rings. The first-order chi connectivity index (χ1) is 8.19. The van der Waals surface area contributed by atoms with Gasteiger partial charge in [-0.2, -0.15) is 0 Å². The van der Waals surface area contributed by atoms with Gasteiger partial charge in [0.1, 0.15) is 10.9 Å². The summed E-state index contributed by atoms with van der Waals surface area (Å²) in [5, 5.41) is 0.164. The van der Waals surface area contributed by atoms with Crippen molar-refractivity contribution in [3.8, 4) is 5.75 Å². The zero-order valence-corrected chi connectivity index (χ0v) is 11.1. The number of ether oxygens (including phenoxy) is 1. The fourth-order valence-electron chi connectivity index (χ4n) is 1.02. The maximum Gasteiger partial charge on any atom is 0.573 e. The van der Waals surface area contributed by atoms with Crippen molar-refractivity contribution < 1.29 is 17.9 Å². The van der Waals surface area contributed by atoms with Crippen LogP contribution in [0.3, 0.4) is 0 Å². The summed E-state index contributed by atoms with van der Waals surface area (Å²) in [6.07, 6.45) is -4.77. The van der Waals surface area contributed by atoms with E-state index in [0.29, 0.717) is 10.9 Å². The number of hydrogen-bond acceptors (Lipinski definition) is 2. The molecule has 0 spiro atoms. The van der Waals surface area contributed by atoms with Crippen LogP contribution in [0.2, 0.25) is 5.02 Å². The minimum Gasteiger partial charge on any atom is -0.404 e. The average molecular weight is 300 g/mol. The molecule has 1 rings (SSSR count).